The molecule has 2 N–H and O–H groups in total. The molecule has 2 rings (SSSR count). The van der Waals surface area contributed by atoms with Crippen molar-refractivity contribution in [1.29, 1.82) is 0 Å². The van der Waals surface area contributed by atoms with Gasteiger partial charge < -0.3 is 10.4 Å². The van der Waals surface area contributed by atoms with Crippen LogP contribution >= 0.6 is 0 Å². The SMILES string of the molecule is Cc1cc(NC(CC(=O)O)C2CC2)ncn1. The summed E-state index contributed by atoms with van der Waals surface area (Å²) in [4.78, 5) is 18.8. The number of hydrogen-bond donors (Lipinski definition) is 2. The van der Waals surface area contributed by atoms with E-state index in [-0.39, 0.29) is 12.5 Å². The first kappa shape index (κ1) is 10.9. The molecule has 86 valence electrons. The molecule has 0 amide bonds. The van der Waals surface area contributed by atoms with Crippen LogP contribution in [0.5, 0.6) is 0 Å². The van der Waals surface area contributed by atoms with Crippen LogP contribution in [0.15, 0.2) is 12.4 Å². The van der Waals surface area contributed by atoms with E-state index in [4.69, 9.17) is 5.11 Å². The number of carboxylic acids is 1. The predicted molar refractivity (Wildman–Crippen MR) is 59.2 cm³/mol. The normalized spacial score (nSPS) is 16.8. The molecule has 1 fully saturated rings. The molecule has 1 heterocycles. The maximum absolute atomic E-state index is 10.7. The Bertz CT molecular complexity index is 391. The molecule has 1 aromatic rings. The molecule has 16 heavy (non-hydrogen) atoms. The third-order valence-electron chi connectivity index (χ3n) is 2.72. The van der Waals surface area contributed by atoms with Crippen molar-refractivity contribution >= 4 is 11.8 Å². The van der Waals surface area contributed by atoms with Crippen molar-refractivity contribution in [1.82, 2.24) is 9.97 Å². The van der Waals surface area contributed by atoms with E-state index in [2.05, 4.69) is 15.3 Å². The number of nitrogens with zero attached hydrogens (tertiary/aromatic N) is 2. The van der Waals surface area contributed by atoms with Crippen LogP contribution in [0.2, 0.25) is 0 Å². The van der Waals surface area contributed by atoms with Crippen LogP contribution < -0.4 is 5.32 Å². The Balaban J connectivity index is 2.02. The lowest BCUT2D eigenvalue weighted by Gasteiger charge is -2.16. The van der Waals surface area contributed by atoms with E-state index in [1.54, 1.807) is 0 Å². The molecule has 0 bridgehead atoms. The highest BCUT2D eigenvalue weighted by atomic mass is 16.4. The summed E-state index contributed by atoms with van der Waals surface area (Å²) in [5.41, 5.74) is 0.877. The molecule has 5 nitrogen and oxygen atoms in total. The van der Waals surface area contributed by atoms with Gasteiger partial charge in [-0.15, -0.1) is 0 Å². The fourth-order valence-electron chi connectivity index (χ4n) is 1.75. The first-order valence-electron chi connectivity index (χ1n) is 5.42. The molecule has 1 aliphatic carbocycles. The number of nitrogens with one attached hydrogen (secondary N) is 1. The van der Waals surface area contributed by atoms with Gasteiger partial charge in [-0.2, -0.15) is 0 Å². The summed E-state index contributed by atoms with van der Waals surface area (Å²) < 4.78 is 0. The average Bonchev–Trinajstić information content (AvgIpc) is 2.99. The van der Waals surface area contributed by atoms with Crippen molar-refractivity contribution in [2.24, 2.45) is 5.92 Å². The zero-order chi connectivity index (χ0) is 11.5. The summed E-state index contributed by atoms with van der Waals surface area (Å²) in [5.74, 6) is 0.423. The van der Waals surface area contributed by atoms with Gasteiger partial charge in [0, 0.05) is 17.8 Å². The highest BCUT2D eigenvalue weighted by Gasteiger charge is 2.32. The molecule has 1 aliphatic rings. The third-order valence-corrected chi connectivity index (χ3v) is 2.72. The first-order valence-corrected chi connectivity index (χ1v) is 5.42. The smallest absolute Gasteiger partial charge is 0.305 e. The lowest BCUT2D eigenvalue weighted by Crippen LogP contribution is -2.25. The summed E-state index contributed by atoms with van der Waals surface area (Å²) in [6.07, 6.45) is 3.85. The second-order valence-electron chi connectivity index (χ2n) is 4.23. The number of carbonyl (C=O) groups is 1. The first-order chi connectivity index (χ1) is 7.65. The van der Waals surface area contributed by atoms with Gasteiger partial charge in [0.25, 0.3) is 0 Å². The minimum Gasteiger partial charge on any atom is -0.481 e. The lowest BCUT2D eigenvalue weighted by molar-refractivity contribution is -0.137. The number of aryl methyl sites for hydroxylation is 1. The molecule has 5 heteroatoms. The Labute approximate surface area is 93.9 Å². The molecule has 0 aliphatic heterocycles. The van der Waals surface area contributed by atoms with Gasteiger partial charge >= 0.3 is 5.97 Å². The molecular formula is C11H15N3O2. The number of hydrogen-bond acceptors (Lipinski definition) is 4. The Morgan fingerprint density at radius 2 is 2.38 bits per heavy atom. The largest absolute Gasteiger partial charge is 0.481 e. The van der Waals surface area contributed by atoms with Gasteiger partial charge in [-0.05, 0) is 25.7 Å². The van der Waals surface area contributed by atoms with E-state index >= 15 is 0 Å². The standard InChI is InChI=1S/C11H15N3O2/c1-7-4-10(13-6-12-7)14-9(5-11(15)16)8-2-3-8/h4,6,8-9H,2-3,5H2,1H3,(H,15,16)(H,12,13,14). The Morgan fingerprint density at radius 1 is 1.62 bits per heavy atom. The molecule has 1 unspecified atom stereocenters. The summed E-state index contributed by atoms with van der Waals surface area (Å²) in [6.45, 7) is 1.89. The van der Waals surface area contributed by atoms with Gasteiger partial charge in [0.15, 0.2) is 0 Å². The Kier molecular flexibility index (Phi) is 3.03. The number of rotatable bonds is 5. The van der Waals surface area contributed by atoms with Gasteiger partial charge in [0.05, 0.1) is 6.42 Å². The van der Waals surface area contributed by atoms with Crippen LogP contribution in [-0.4, -0.2) is 27.1 Å². The van der Waals surface area contributed by atoms with Crippen molar-refractivity contribution in [3.63, 3.8) is 0 Å². The van der Waals surface area contributed by atoms with E-state index in [0.29, 0.717) is 11.7 Å². The van der Waals surface area contributed by atoms with Crippen LogP contribution in [0.25, 0.3) is 0 Å². The number of aromatic nitrogens is 2. The highest BCUT2D eigenvalue weighted by molar-refractivity contribution is 5.68. The quantitative estimate of drug-likeness (QED) is 0.787. The van der Waals surface area contributed by atoms with E-state index in [9.17, 15) is 4.79 Å². The summed E-state index contributed by atoms with van der Waals surface area (Å²) >= 11 is 0. The second kappa shape index (κ2) is 4.47. The molecular weight excluding hydrogens is 206 g/mol. The molecule has 1 aromatic heterocycles. The van der Waals surface area contributed by atoms with Gasteiger partial charge in [-0.25, -0.2) is 9.97 Å². The van der Waals surface area contributed by atoms with E-state index in [0.717, 1.165) is 18.5 Å². The Morgan fingerprint density at radius 3 is 2.94 bits per heavy atom. The molecule has 0 saturated heterocycles. The number of anilines is 1. The van der Waals surface area contributed by atoms with Crippen LogP contribution in [-0.2, 0) is 4.79 Å². The van der Waals surface area contributed by atoms with Crippen molar-refractivity contribution in [3.05, 3.63) is 18.1 Å². The van der Waals surface area contributed by atoms with Gasteiger partial charge in [0.1, 0.15) is 12.1 Å². The Hall–Kier alpha value is -1.65. The molecule has 0 radical (unpaired) electrons. The van der Waals surface area contributed by atoms with Crippen molar-refractivity contribution < 1.29 is 9.90 Å². The summed E-state index contributed by atoms with van der Waals surface area (Å²) in [6, 6.07) is 1.82. The minimum absolute atomic E-state index is 0.00759. The topological polar surface area (TPSA) is 75.1 Å². The van der Waals surface area contributed by atoms with Crippen molar-refractivity contribution in [2.75, 3.05) is 5.32 Å². The zero-order valence-electron chi connectivity index (χ0n) is 9.18. The molecule has 0 aromatic carbocycles. The molecule has 0 spiro atoms. The van der Waals surface area contributed by atoms with E-state index < -0.39 is 5.97 Å². The van der Waals surface area contributed by atoms with Gasteiger partial charge in [-0.3, -0.25) is 4.79 Å². The lowest BCUT2D eigenvalue weighted by atomic mass is 10.1. The highest BCUT2D eigenvalue weighted by Crippen LogP contribution is 2.35. The number of aliphatic carboxylic acids is 1. The summed E-state index contributed by atoms with van der Waals surface area (Å²) in [7, 11) is 0. The fourth-order valence-corrected chi connectivity index (χ4v) is 1.75. The van der Waals surface area contributed by atoms with Crippen molar-refractivity contribution in [2.45, 2.75) is 32.2 Å². The second-order valence-corrected chi connectivity index (χ2v) is 4.23. The van der Waals surface area contributed by atoms with Gasteiger partial charge in [-0.1, -0.05) is 0 Å². The maximum atomic E-state index is 10.7. The monoisotopic (exact) mass is 221 g/mol. The van der Waals surface area contributed by atoms with Gasteiger partial charge in [0.2, 0.25) is 0 Å². The maximum Gasteiger partial charge on any atom is 0.305 e. The van der Waals surface area contributed by atoms with E-state index in [1.807, 2.05) is 13.0 Å². The third kappa shape index (κ3) is 2.92. The molecule has 1 saturated carbocycles. The van der Waals surface area contributed by atoms with Crippen LogP contribution in [0.4, 0.5) is 5.82 Å². The van der Waals surface area contributed by atoms with Crippen molar-refractivity contribution in [3.8, 4) is 0 Å². The molecule has 1 atom stereocenters. The summed E-state index contributed by atoms with van der Waals surface area (Å²) in [5, 5.41) is 12.0. The average molecular weight is 221 g/mol. The van der Waals surface area contributed by atoms with Crippen LogP contribution in [0.3, 0.4) is 0 Å². The van der Waals surface area contributed by atoms with E-state index in [1.165, 1.54) is 6.33 Å². The van der Waals surface area contributed by atoms with Crippen LogP contribution in [0, 0.1) is 12.8 Å². The zero-order valence-corrected chi connectivity index (χ0v) is 9.18. The fraction of sp³-hybridized carbons (Fsp3) is 0.545. The van der Waals surface area contributed by atoms with Crippen LogP contribution in [0.1, 0.15) is 25.0 Å². The number of carboxylic acid groups (broad SMARTS) is 1. The minimum atomic E-state index is -0.768. The predicted octanol–water partition coefficient (Wildman–Crippen LogP) is 1.45.